The summed E-state index contributed by atoms with van der Waals surface area (Å²) in [6.45, 7) is 2.41. The molecule has 0 radical (unpaired) electrons. The zero-order chi connectivity index (χ0) is 18.7. The van der Waals surface area contributed by atoms with E-state index in [1.54, 1.807) is 18.2 Å². The topological polar surface area (TPSA) is 73.9 Å². The number of hydrogen-bond donors (Lipinski definition) is 1. The van der Waals surface area contributed by atoms with Crippen LogP contribution in [0.4, 0.5) is 5.69 Å². The highest BCUT2D eigenvalue weighted by molar-refractivity contribution is 6.42. The lowest BCUT2D eigenvalue weighted by atomic mass is 10.2. The minimum absolute atomic E-state index is 0.207. The van der Waals surface area contributed by atoms with Gasteiger partial charge in [-0.2, -0.15) is 0 Å². The zero-order valence-electron chi connectivity index (χ0n) is 13.8. The van der Waals surface area contributed by atoms with Gasteiger partial charge in [0, 0.05) is 11.8 Å². The van der Waals surface area contributed by atoms with E-state index < -0.39 is 18.0 Å². The predicted octanol–water partition coefficient (Wildman–Crippen LogP) is 3.95. The fraction of sp³-hybridized carbons (Fsp3) is 0.222. The van der Waals surface area contributed by atoms with Gasteiger partial charge in [0.2, 0.25) is 0 Å². The van der Waals surface area contributed by atoms with Gasteiger partial charge >= 0.3 is 5.97 Å². The van der Waals surface area contributed by atoms with Gasteiger partial charge in [0.25, 0.3) is 5.91 Å². The highest BCUT2D eigenvalue weighted by Gasteiger charge is 2.20. The fourth-order valence-electron chi connectivity index (χ4n) is 2.27. The second kappa shape index (κ2) is 7.85. The normalized spacial score (nSPS) is 13.7. The Bertz CT molecular complexity index is 855. The first-order chi connectivity index (χ1) is 12.4. The number of anilines is 1. The Kier molecular flexibility index (Phi) is 5.54. The van der Waals surface area contributed by atoms with Crippen LogP contribution in [0.2, 0.25) is 10.0 Å². The van der Waals surface area contributed by atoms with E-state index in [1.807, 2.05) is 0 Å². The summed E-state index contributed by atoms with van der Waals surface area (Å²) in [7, 11) is 0. The molecule has 0 saturated carbocycles. The van der Waals surface area contributed by atoms with Crippen molar-refractivity contribution in [2.75, 3.05) is 18.5 Å². The van der Waals surface area contributed by atoms with Crippen LogP contribution in [0.25, 0.3) is 0 Å². The second-order valence-electron chi connectivity index (χ2n) is 5.52. The minimum Gasteiger partial charge on any atom is -0.486 e. The molecule has 136 valence electrons. The number of ether oxygens (including phenoxy) is 3. The maximum Gasteiger partial charge on any atom is 0.338 e. The molecule has 1 heterocycles. The molecular weight excluding hydrogens is 381 g/mol. The Hall–Kier alpha value is -2.44. The van der Waals surface area contributed by atoms with Gasteiger partial charge in [0.1, 0.15) is 13.2 Å². The Morgan fingerprint density at radius 2 is 1.77 bits per heavy atom. The number of nitrogens with one attached hydrogen (secondary N) is 1. The Labute approximate surface area is 159 Å². The Morgan fingerprint density at radius 3 is 2.50 bits per heavy atom. The number of fused-ring (bicyclic) bond motifs is 1. The molecule has 8 heteroatoms. The first kappa shape index (κ1) is 18.4. The zero-order valence-corrected chi connectivity index (χ0v) is 15.3. The summed E-state index contributed by atoms with van der Waals surface area (Å²) in [4.78, 5) is 24.4. The Morgan fingerprint density at radius 1 is 1.04 bits per heavy atom. The molecule has 2 aromatic carbocycles. The van der Waals surface area contributed by atoms with Crippen LogP contribution in [0.5, 0.6) is 11.5 Å². The van der Waals surface area contributed by atoms with Gasteiger partial charge in [-0.1, -0.05) is 23.2 Å². The van der Waals surface area contributed by atoms with Crippen LogP contribution < -0.4 is 14.8 Å². The van der Waals surface area contributed by atoms with Crippen molar-refractivity contribution in [1.29, 1.82) is 0 Å². The van der Waals surface area contributed by atoms with Gasteiger partial charge in [0.05, 0.1) is 15.6 Å². The molecule has 0 spiro atoms. The summed E-state index contributed by atoms with van der Waals surface area (Å²) in [6.07, 6.45) is -1.01. The lowest BCUT2D eigenvalue weighted by Crippen LogP contribution is -2.30. The molecule has 2 aromatic rings. The SMILES string of the molecule is C[C@H](OC(=O)c1ccc(Cl)c(Cl)c1)C(=O)Nc1ccc2c(c1)OCCO2. The van der Waals surface area contributed by atoms with Crippen LogP contribution in [-0.2, 0) is 9.53 Å². The molecule has 0 fully saturated rings. The molecule has 0 aliphatic carbocycles. The number of rotatable bonds is 4. The van der Waals surface area contributed by atoms with Crippen molar-refractivity contribution < 1.29 is 23.8 Å². The van der Waals surface area contributed by atoms with E-state index in [0.29, 0.717) is 35.4 Å². The number of benzene rings is 2. The minimum atomic E-state index is -1.01. The van der Waals surface area contributed by atoms with E-state index in [4.69, 9.17) is 37.4 Å². The van der Waals surface area contributed by atoms with Crippen LogP contribution in [0.1, 0.15) is 17.3 Å². The summed E-state index contributed by atoms with van der Waals surface area (Å²) in [5, 5.41) is 3.23. The molecule has 0 unspecified atom stereocenters. The van der Waals surface area contributed by atoms with Gasteiger partial charge in [-0.15, -0.1) is 0 Å². The molecule has 1 aliphatic heterocycles. The van der Waals surface area contributed by atoms with Crippen LogP contribution in [0.3, 0.4) is 0 Å². The van der Waals surface area contributed by atoms with E-state index in [0.717, 1.165) is 0 Å². The van der Waals surface area contributed by atoms with Crippen molar-refractivity contribution in [3.05, 3.63) is 52.0 Å². The third kappa shape index (κ3) is 4.20. The average Bonchev–Trinajstić information content (AvgIpc) is 2.63. The van der Waals surface area contributed by atoms with Crippen molar-refractivity contribution in [2.24, 2.45) is 0 Å². The van der Waals surface area contributed by atoms with E-state index in [1.165, 1.54) is 25.1 Å². The number of carbonyl (C=O) groups excluding carboxylic acids is 2. The summed E-state index contributed by atoms with van der Waals surface area (Å²) in [5.41, 5.74) is 0.718. The summed E-state index contributed by atoms with van der Waals surface area (Å²) in [5.74, 6) is 0.0197. The van der Waals surface area contributed by atoms with Crippen LogP contribution in [0.15, 0.2) is 36.4 Å². The first-order valence-electron chi connectivity index (χ1n) is 7.80. The van der Waals surface area contributed by atoms with Crippen LogP contribution in [0, 0.1) is 0 Å². The maximum atomic E-state index is 12.3. The third-order valence-electron chi connectivity index (χ3n) is 3.62. The first-order valence-corrected chi connectivity index (χ1v) is 8.56. The molecule has 0 bridgehead atoms. The highest BCUT2D eigenvalue weighted by Crippen LogP contribution is 2.32. The molecule has 1 atom stereocenters. The number of carbonyl (C=O) groups is 2. The van der Waals surface area contributed by atoms with Gasteiger partial charge < -0.3 is 19.5 Å². The van der Waals surface area contributed by atoms with E-state index in [2.05, 4.69) is 5.32 Å². The van der Waals surface area contributed by atoms with Crippen molar-refractivity contribution >= 4 is 40.8 Å². The third-order valence-corrected chi connectivity index (χ3v) is 4.36. The van der Waals surface area contributed by atoms with E-state index >= 15 is 0 Å². The molecule has 1 N–H and O–H groups in total. The quantitative estimate of drug-likeness (QED) is 0.793. The van der Waals surface area contributed by atoms with Gasteiger partial charge in [0.15, 0.2) is 17.6 Å². The molecule has 3 rings (SSSR count). The Balaban J connectivity index is 1.62. The van der Waals surface area contributed by atoms with Crippen molar-refractivity contribution in [2.45, 2.75) is 13.0 Å². The second-order valence-corrected chi connectivity index (χ2v) is 6.34. The molecular formula is C18H15Cl2NO5. The van der Waals surface area contributed by atoms with Crippen LogP contribution >= 0.6 is 23.2 Å². The maximum absolute atomic E-state index is 12.3. The van der Waals surface area contributed by atoms with E-state index in [9.17, 15) is 9.59 Å². The summed E-state index contributed by atoms with van der Waals surface area (Å²) < 4.78 is 16.1. The van der Waals surface area contributed by atoms with Crippen molar-refractivity contribution in [1.82, 2.24) is 0 Å². The van der Waals surface area contributed by atoms with Crippen LogP contribution in [-0.4, -0.2) is 31.2 Å². The van der Waals surface area contributed by atoms with E-state index in [-0.39, 0.29) is 10.6 Å². The monoisotopic (exact) mass is 395 g/mol. The number of hydrogen-bond acceptors (Lipinski definition) is 5. The van der Waals surface area contributed by atoms with Crippen molar-refractivity contribution in [3.63, 3.8) is 0 Å². The molecule has 1 aliphatic rings. The molecule has 6 nitrogen and oxygen atoms in total. The molecule has 0 aromatic heterocycles. The molecule has 0 saturated heterocycles. The smallest absolute Gasteiger partial charge is 0.338 e. The van der Waals surface area contributed by atoms with Gasteiger partial charge in [-0.3, -0.25) is 4.79 Å². The predicted molar refractivity (Wildman–Crippen MR) is 97.4 cm³/mol. The molecule has 26 heavy (non-hydrogen) atoms. The fourth-order valence-corrected chi connectivity index (χ4v) is 2.57. The standard InChI is InChI=1S/C18H15Cl2NO5/c1-10(26-18(23)11-2-4-13(19)14(20)8-11)17(22)21-12-3-5-15-16(9-12)25-7-6-24-15/h2-5,8-10H,6-7H2,1H3,(H,21,22)/t10-/m0/s1. The number of amides is 1. The van der Waals surface area contributed by atoms with Gasteiger partial charge in [-0.25, -0.2) is 4.79 Å². The van der Waals surface area contributed by atoms with Crippen molar-refractivity contribution in [3.8, 4) is 11.5 Å². The number of halogens is 2. The lowest BCUT2D eigenvalue weighted by Gasteiger charge is -2.19. The largest absolute Gasteiger partial charge is 0.486 e. The molecule has 1 amide bonds. The average molecular weight is 396 g/mol. The summed E-state index contributed by atoms with van der Waals surface area (Å²) in [6, 6.07) is 9.38. The number of esters is 1. The summed E-state index contributed by atoms with van der Waals surface area (Å²) >= 11 is 11.7. The highest BCUT2D eigenvalue weighted by atomic mass is 35.5. The lowest BCUT2D eigenvalue weighted by molar-refractivity contribution is -0.123. The van der Waals surface area contributed by atoms with Gasteiger partial charge in [-0.05, 0) is 37.3 Å².